The summed E-state index contributed by atoms with van der Waals surface area (Å²) in [6.45, 7) is 0. The van der Waals surface area contributed by atoms with E-state index in [1.54, 1.807) is 36.8 Å². The van der Waals surface area contributed by atoms with Crippen molar-refractivity contribution < 1.29 is 4.74 Å². The van der Waals surface area contributed by atoms with Gasteiger partial charge in [0.2, 0.25) is 0 Å². The molecule has 4 heteroatoms. The number of aromatic nitrogens is 2. The zero-order valence-corrected chi connectivity index (χ0v) is 7.79. The zero-order chi connectivity index (χ0) is 10.5. The largest absolute Gasteiger partial charge is 0.454 e. The predicted molar refractivity (Wildman–Crippen MR) is 53.3 cm³/mol. The molecule has 0 aromatic carbocycles. The number of pyridine rings is 2. The van der Waals surface area contributed by atoms with Crippen molar-refractivity contribution in [2.75, 3.05) is 0 Å². The summed E-state index contributed by atoms with van der Waals surface area (Å²) in [5.74, 6) is 1.08. The zero-order valence-electron chi connectivity index (χ0n) is 7.79. The van der Waals surface area contributed by atoms with Crippen LogP contribution in [-0.4, -0.2) is 9.97 Å². The highest BCUT2D eigenvalue weighted by atomic mass is 16.5. The molecule has 15 heavy (non-hydrogen) atoms. The van der Waals surface area contributed by atoms with E-state index in [9.17, 15) is 0 Å². The molecule has 0 aliphatic rings. The predicted octanol–water partition coefficient (Wildman–Crippen LogP) is 2.14. The van der Waals surface area contributed by atoms with Gasteiger partial charge in [0, 0.05) is 18.6 Å². The summed E-state index contributed by atoms with van der Waals surface area (Å²) in [6, 6.07) is 7.08. The molecule has 0 N–H and O–H groups in total. The summed E-state index contributed by atoms with van der Waals surface area (Å²) in [7, 11) is 0. The maximum Gasteiger partial charge on any atom is 0.163 e. The van der Waals surface area contributed by atoms with Crippen LogP contribution in [0.25, 0.3) is 0 Å². The minimum Gasteiger partial charge on any atom is -0.454 e. The Morgan fingerprint density at radius 2 is 1.80 bits per heavy atom. The Bertz CT molecular complexity index is 491. The summed E-state index contributed by atoms with van der Waals surface area (Å²) in [5, 5.41) is 8.83. The van der Waals surface area contributed by atoms with E-state index in [0.717, 1.165) is 0 Å². The maximum absolute atomic E-state index is 8.83. The quantitative estimate of drug-likeness (QED) is 0.740. The molecule has 0 atom stereocenters. The Morgan fingerprint density at radius 1 is 1.07 bits per heavy atom. The molecule has 0 spiro atoms. The van der Waals surface area contributed by atoms with E-state index in [2.05, 4.69) is 9.97 Å². The van der Waals surface area contributed by atoms with E-state index in [-0.39, 0.29) is 0 Å². The summed E-state index contributed by atoms with van der Waals surface area (Å²) in [6.07, 6.45) is 6.31. The van der Waals surface area contributed by atoms with Crippen LogP contribution in [0.4, 0.5) is 0 Å². The van der Waals surface area contributed by atoms with Crippen LogP contribution in [0.2, 0.25) is 0 Å². The smallest absolute Gasteiger partial charge is 0.163 e. The molecule has 0 saturated heterocycles. The van der Waals surface area contributed by atoms with Crippen molar-refractivity contribution in [2.24, 2.45) is 0 Å². The Hall–Kier alpha value is -2.41. The fourth-order valence-electron chi connectivity index (χ4n) is 1.09. The normalized spacial score (nSPS) is 9.27. The van der Waals surface area contributed by atoms with E-state index in [4.69, 9.17) is 10.00 Å². The monoisotopic (exact) mass is 197 g/mol. The van der Waals surface area contributed by atoms with Gasteiger partial charge in [-0.15, -0.1) is 0 Å². The lowest BCUT2D eigenvalue weighted by Gasteiger charge is -2.05. The first kappa shape index (κ1) is 9.16. The molecule has 2 aromatic heterocycles. The fourth-order valence-corrected chi connectivity index (χ4v) is 1.09. The highest BCUT2D eigenvalue weighted by Gasteiger charge is 2.03. The van der Waals surface area contributed by atoms with Crippen LogP contribution in [0.15, 0.2) is 43.0 Å². The first-order valence-corrected chi connectivity index (χ1v) is 4.32. The number of nitriles is 1. The van der Waals surface area contributed by atoms with Crippen molar-refractivity contribution in [3.05, 3.63) is 48.5 Å². The van der Waals surface area contributed by atoms with Crippen LogP contribution in [0.1, 0.15) is 5.56 Å². The first-order chi connectivity index (χ1) is 7.40. The van der Waals surface area contributed by atoms with Gasteiger partial charge in [0.05, 0.1) is 11.8 Å². The first-order valence-electron chi connectivity index (χ1n) is 4.32. The van der Waals surface area contributed by atoms with Crippen LogP contribution in [0.5, 0.6) is 11.5 Å². The van der Waals surface area contributed by atoms with Crippen LogP contribution in [0, 0.1) is 11.3 Å². The summed E-state index contributed by atoms with van der Waals surface area (Å²) >= 11 is 0. The molecule has 2 rings (SSSR count). The molecule has 4 nitrogen and oxygen atoms in total. The van der Waals surface area contributed by atoms with Crippen molar-refractivity contribution in [3.63, 3.8) is 0 Å². The van der Waals surface area contributed by atoms with E-state index in [1.807, 2.05) is 6.07 Å². The molecular formula is C11H7N3O. The van der Waals surface area contributed by atoms with Gasteiger partial charge in [-0.25, -0.2) is 0 Å². The molecule has 0 aliphatic carbocycles. The van der Waals surface area contributed by atoms with Crippen LogP contribution < -0.4 is 4.74 Å². The second kappa shape index (κ2) is 4.20. The average Bonchev–Trinajstić information content (AvgIpc) is 2.31. The van der Waals surface area contributed by atoms with Gasteiger partial charge in [0.25, 0.3) is 0 Å². The molecule has 0 fully saturated rings. The van der Waals surface area contributed by atoms with E-state index >= 15 is 0 Å². The van der Waals surface area contributed by atoms with Crippen molar-refractivity contribution in [1.82, 2.24) is 9.97 Å². The molecule has 0 radical (unpaired) electrons. The molecule has 0 unspecified atom stereocenters. The molecular weight excluding hydrogens is 190 g/mol. The van der Waals surface area contributed by atoms with Gasteiger partial charge in [-0.3, -0.25) is 9.97 Å². The average molecular weight is 197 g/mol. The molecule has 2 heterocycles. The van der Waals surface area contributed by atoms with E-state index in [1.165, 1.54) is 6.20 Å². The highest BCUT2D eigenvalue weighted by Crippen LogP contribution is 2.22. The maximum atomic E-state index is 8.83. The molecule has 0 aliphatic heterocycles. The third-order valence-corrected chi connectivity index (χ3v) is 1.78. The molecule has 0 amide bonds. The molecule has 0 saturated carbocycles. The Labute approximate surface area is 86.8 Å². The van der Waals surface area contributed by atoms with Crippen molar-refractivity contribution >= 4 is 0 Å². The van der Waals surface area contributed by atoms with Crippen molar-refractivity contribution in [1.29, 1.82) is 5.26 Å². The van der Waals surface area contributed by atoms with Crippen LogP contribution in [-0.2, 0) is 0 Å². The van der Waals surface area contributed by atoms with Crippen LogP contribution in [0.3, 0.4) is 0 Å². The summed E-state index contributed by atoms with van der Waals surface area (Å²) < 4.78 is 5.48. The van der Waals surface area contributed by atoms with E-state index < -0.39 is 0 Å². The Balaban J connectivity index is 2.29. The highest BCUT2D eigenvalue weighted by molar-refractivity contribution is 5.42. The number of hydrogen-bond acceptors (Lipinski definition) is 4. The minimum absolute atomic E-state index is 0.450. The van der Waals surface area contributed by atoms with Gasteiger partial charge in [-0.1, -0.05) is 0 Å². The third kappa shape index (κ3) is 2.09. The minimum atomic E-state index is 0.450. The van der Waals surface area contributed by atoms with Gasteiger partial charge in [0.15, 0.2) is 5.75 Å². The van der Waals surface area contributed by atoms with Gasteiger partial charge in [-0.2, -0.15) is 5.26 Å². The summed E-state index contributed by atoms with van der Waals surface area (Å²) in [5.41, 5.74) is 0.460. The molecule has 72 valence electrons. The summed E-state index contributed by atoms with van der Waals surface area (Å²) in [4.78, 5) is 7.77. The second-order valence-corrected chi connectivity index (χ2v) is 2.77. The lowest BCUT2D eigenvalue weighted by atomic mass is 10.3. The van der Waals surface area contributed by atoms with Gasteiger partial charge < -0.3 is 4.74 Å². The van der Waals surface area contributed by atoms with Gasteiger partial charge >= 0.3 is 0 Å². The SMILES string of the molecule is N#Cc1ccncc1Oc1ccncc1. The number of nitrogens with zero attached hydrogens (tertiary/aromatic N) is 3. The third-order valence-electron chi connectivity index (χ3n) is 1.78. The Morgan fingerprint density at radius 3 is 2.53 bits per heavy atom. The number of hydrogen-bond donors (Lipinski definition) is 0. The molecule has 2 aromatic rings. The fraction of sp³-hybridized carbons (Fsp3) is 0. The van der Waals surface area contributed by atoms with Gasteiger partial charge in [-0.05, 0) is 18.2 Å². The lowest BCUT2D eigenvalue weighted by molar-refractivity contribution is 0.478. The number of rotatable bonds is 2. The molecule has 0 bridgehead atoms. The van der Waals surface area contributed by atoms with Gasteiger partial charge in [0.1, 0.15) is 11.8 Å². The lowest BCUT2D eigenvalue weighted by Crippen LogP contribution is -1.89. The standard InChI is InChI=1S/C11H7N3O/c12-7-9-1-4-14-8-11(9)15-10-2-5-13-6-3-10/h1-6,8H. The van der Waals surface area contributed by atoms with E-state index in [0.29, 0.717) is 17.1 Å². The number of ether oxygens (including phenoxy) is 1. The van der Waals surface area contributed by atoms with Crippen molar-refractivity contribution in [3.8, 4) is 17.6 Å². The Kier molecular flexibility index (Phi) is 2.56. The second-order valence-electron chi connectivity index (χ2n) is 2.77. The van der Waals surface area contributed by atoms with Crippen LogP contribution >= 0.6 is 0 Å². The topological polar surface area (TPSA) is 58.8 Å². The van der Waals surface area contributed by atoms with Crippen molar-refractivity contribution in [2.45, 2.75) is 0 Å².